The Labute approximate surface area is 269 Å². The van der Waals surface area contributed by atoms with Gasteiger partial charge >= 0.3 is 0 Å². The Morgan fingerprint density at radius 1 is 0.543 bits per heavy atom. The first-order valence-corrected chi connectivity index (χ1v) is 16.0. The van der Waals surface area contributed by atoms with Gasteiger partial charge in [0.15, 0.2) is 5.82 Å². The van der Waals surface area contributed by atoms with Crippen LogP contribution >= 0.6 is 11.3 Å². The molecule has 0 aliphatic heterocycles. The molecular weight excluding hydrogens is 581 g/mol. The number of rotatable bonds is 4. The van der Waals surface area contributed by atoms with E-state index in [0.29, 0.717) is 11.4 Å². The highest BCUT2D eigenvalue weighted by molar-refractivity contribution is 7.26. The average Bonchev–Trinajstić information content (AvgIpc) is 3.67. The minimum absolute atomic E-state index is 0.615. The molecule has 4 nitrogen and oxygen atoms in total. The highest BCUT2D eigenvalue weighted by Gasteiger charge is 2.18. The van der Waals surface area contributed by atoms with Crippen molar-refractivity contribution in [2.75, 3.05) is 0 Å². The van der Waals surface area contributed by atoms with E-state index >= 15 is 0 Å². The zero-order valence-electron chi connectivity index (χ0n) is 24.6. The second-order valence-corrected chi connectivity index (χ2v) is 12.4. The van der Waals surface area contributed by atoms with Crippen LogP contribution in [0.15, 0.2) is 146 Å². The second kappa shape index (κ2) is 10.5. The number of nitrogens with zero attached hydrogens (tertiary/aromatic N) is 4. The van der Waals surface area contributed by atoms with E-state index in [0.717, 1.165) is 49.2 Å². The molecule has 0 amide bonds. The topological polar surface area (TPSA) is 54.5 Å². The molecule has 0 spiro atoms. The Morgan fingerprint density at radius 3 is 1.93 bits per heavy atom. The van der Waals surface area contributed by atoms with E-state index in [9.17, 15) is 5.26 Å². The fourth-order valence-corrected chi connectivity index (χ4v) is 7.65. The maximum absolute atomic E-state index is 9.29. The molecule has 0 N–H and O–H groups in total. The normalized spacial score (nSPS) is 11.5. The molecule has 0 bridgehead atoms. The van der Waals surface area contributed by atoms with Gasteiger partial charge in [-0.1, -0.05) is 91.0 Å². The van der Waals surface area contributed by atoms with Crippen molar-refractivity contribution in [1.29, 1.82) is 5.26 Å². The molecule has 0 unspecified atom stereocenters. The number of para-hydroxylation sites is 2. The van der Waals surface area contributed by atoms with E-state index < -0.39 is 0 Å². The first-order chi connectivity index (χ1) is 22.7. The van der Waals surface area contributed by atoms with Crippen molar-refractivity contribution in [1.82, 2.24) is 14.5 Å². The van der Waals surface area contributed by atoms with E-state index in [1.54, 1.807) is 11.3 Å². The van der Waals surface area contributed by atoms with Gasteiger partial charge in [-0.15, -0.1) is 11.3 Å². The van der Waals surface area contributed by atoms with Crippen LogP contribution < -0.4 is 0 Å². The molecule has 0 radical (unpaired) electrons. The summed E-state index contributed by atoms with van der Waals surface area (Å²) in [4.78, 5) is 10.2. The number of nitriles is 1. The van der Waals surface area contributed by atoms with E-state index in [-0.39, 0.29) is 0 Å². The average molecular weight is 605 g/mol. The Hall–Kier alpha value is -6.09. The molecule has 3 aromatic heterocycles. The minimum Gasteiger partial charge on any atom is -0.309 e. The molecule has 46 heavy (non-hydrogen) atoms. The molecule has 0 saturated heterocycles. The zero-order valence-corrected chi connectivity index (χ0v) is 25.4. The van der Waals surface area contributed by atoms with E-state index in [1.807, 2.05) is 42.5 Å². The van der Waals surface area contributed by atoms with Crippen LogP contribution in [0, 0.1) is 11.3 Å². The summed E-state index contributed by atoms with van der Waals surface area (Å²) in [5.41, 5.74) is 10.3. The van der Waals surface area contributed by atoms with Gasteiger partial charge in [-0.25, -0.2) is 9.97 Å². The van der Waals surface area contributed by atoms with Crippen molar-refractivity contribution < 1.29 is 0 Å². The van der Waals surface area contributed by atoms with Crippen molar-refractivity contribution in [3.63, 3.8) is 0 Å². The molecule has 0 saturated carbocycles. The van der Waals surface area contributed by atoms with E-state index in [4.69, 9.17) is 9.97 Å². The smallest absolute Gasteiger partial charge is 0.160 e. The third kappa shape index (κ3) is 4.20. The van der Waals surface area contributed by atoms with Gasteiger partial charge in [0.1, 0.15) is 0 Å². The monoisotopic (exact) mass is 604 g/mol. The van der Waals surface area contributed by atoms with Crippen LogP contribution in [0.1, 0.15) is 5.56 Å². The number of hydrogen-bond donors (Lipinski definition) is 0. The van der Waals surface area contributed by atoms with Crippen LogP contribution in [0.5, 0.6) is 0 Å². The number of fused-ring (bicyclic) bond motifs is 6. The second-order valence-electron chi connectivity index (χ2n) is 11.4. The van der Waals surface area contributed by atoms with Crippen molar-refractivity contribution >= 4 is 53.4 Å². The summed E-state index contributed by atoms with van der Waals surface area (Å²) in [6.07, 6.45) is 0. The lowest BCUT2D eigenvalue weighted by Gasteiger charge is -2.10. The molecule has 214 valence electrons. The maximum Gasteiger partial charge on any atom is 0.160 e. The fraction of sp³-hybridized carbons (Fsp3) is 0. The first-order valence-electron chi connectivity index (χ1n) is 15.1. The summed E-state index contributed by atoms with van der Waals surface area (Å²) in [5, 5.41) is 12.9. The fourth-order valence-electron chi connectivity index (χ4n) is 6.46. The minimum atomic E-state index is 0.615. The van der Waals surface area contributed by atoms with Crippen molar-refractivity contribution in [3.8, 4) is 45.5 Å². The van der Waals surface area contributed by atoms with Gasteiger partial charge in [-0.2, -0.15) is 5.26 Å². The standard InChI is InChI=1S/C41H24N4S/c42-25-26-17-19-28(20-18-26)41-43-38(27-9-2-1-3-10-27)40-39(44-41)34-22-21-30(24-37(34)46-40)29-11-8-12-31(23-29)45-35-15-6-4-13-32(35)33-14-5-7-16-36(33)45/h1-24H. The largest absolute Gasteiger partial charge is 0.309 e. The van der Waals surface area contributed by atoms with Gasteiger partial charge in [0, 0.05) is 37.7 Å². The predicted molar refractivity (Wildman–Crippen MR) is 190 cm³/mol. The van der Waals surface area contributed by atoms with Gasteiger partial charge in [-0.3, -0.25) is 0 Å². The lowest BCUT2D eigenvalue weighted by Crippen LogP contribution is -1.94. The van der Waals surface area contributed by atoms with Crippen molar-refractivity contribution in [3.05, 3.63) is 151 Å². The Bertz CT molecular complexity index is 2590. The summed E-state index contributed by atoms with van der Waals surface area (Å²) in [5.74, 6) is 0.651. The maximum atomic E-state index is 9.29. The summed E-state index contributed by atoms with van der Waals surface area (Å²) >= 11 is 1.73. The SMILES string of the molecule is N#Cc1ccc(-c2nc(-c3ccccc3)c3sc4cc(-c5cccc(-n6c7ccccc7c7ccccc76)c5)ccc4c3n2)cc1. The molecular formula is C41H24N4S. The molecule has 5 heteroatoms. The number of hydrogen-bond acceptors (Lipinski definition) is 4. The quantitative estimate of drug-likeness (QED) is 0.201. The van der Waals surface area contributed by atoms with Crippen molar-refractivity contribution in [2.45, 2.75) is 0 Å². The molecule has 0 atom stereocenters. The molecule has 0 aliphatic carbocycles. The Balaban J connectivity index is 1.21. The van der Waals surface area contributed by atoms with Crippen LogP contribution in [0.25, 0.3) is 81.6 Å². The number of thiophene rings is 1. The molecule has 9 aromatic rings. The van der Waals surface area contributed by atoms with Crippen LogP contribution in [0.3, 0.4) is 0 Å². The third-order valence-electron chi connectivity index (χ3n) is 8.65. The van der Waals surface area contributed by atoms with Crippen LogP contribution in [0.2, 0.25) is 0 Å². The van der Waals surface area contributed by atoms with Crippen molar-refractivity contribution in [2.24, 2.45) is 0 Å². The Kier molecular flexibility index (Phi) is 6.02. The molecule has 0 aliphatic rings. The van der Waals surface area contributed by atoms with E-state index in [1.165, 1.54) is 26.5 Å². The van der Waals surface area contributed by atoms with Gasteiger partial charge in [0.05, 0.1) is 38.6 Å². The van der Waals surface area contributed by atoms with Crippen LogP contribution in [-0.2, 0) is 0 Å². The van der Waals surface area contributed by atoms with Gasteiger partial charge < -0.3 is 4.57 Å². The molecule has 3 heterocycles. The molecule has 6 aromatic carbocycles. The van der Waals surface area contributed by atoms with Gasteiger partial charge in [0.25, 0.3) is 0 Å². The van der Waals surface area contributed by atoms with Gasteiger partial charge in [0.2, 0.25) is 0 Å². The molecule has 9 rings (SSSR count). The summed E-state index contributed by atoms with van der Waals surface area (Å²) < 4.78 is 4.59. The lowest BCUT2D eigenvalue weighted by atomic mass is 10.0. The van der Waals surface area contributed by atoms with Gasteiger partial charge in [-0.05, 0) is 65.7 Å². The predicted octanol–water partition coefficient (Wildman–Crippen LogP) is 10.8. The van der Waals surface area contributed by atoms with E-state index in [2.05, 4.69) is 114 Å². The summed E-state index contributed by atoms with van der Waals surface area (Å²) in [7, 11) is 0. The van der Waals surface area contributed by atoms with Crippen LogP contribution in [-0.4, -0.2) is 14.5 Å². The number of aromatic nitrogens is 3. The molecule has 0 fully saturated rings. The Morgan fingerprint density at radius 2 is 1.20 bits per heavy atom. The third-order valence-corrected chi connectivity index (χ3v) is 9.80. The summed E-state index contributed by atoms with van der Waals surface area (Å²) in [6, 6.07) is 52.7. The lowest BCUT2D eigenvalue weighted by molar-refractivity contribution is 1.18. The highest BCUT2D eigenvalue weighted by Crippen LogP contribution is 2.41. The zero-order chi connectivity index (χ0) is 30.6. The van der Waals surface area contributed by atoms with Crippen LogP contribution in [0.4, 0.5) is 0 Å². The summed E-state index contributed by atoms with van der Waals surface area (Å²) in [6.45, 7) is 0. The highest BCUT2D eigenvalue weighted by atomic mass is 32.1. The number of benzene rings is 6. The first kappa shape index (κ1) is 26.3.